The molecular weight excluding hydrogens is 338 g/mol. The van der Waals surface area contributed by atoms with Crippen LogP contribution in [-0.2, 0) is 9.59 Å². The number of nitrogens with one attached hydrogen (secondary N) is 1. The third-order valence-corrected chi connectivity index (χ3v) is 4.72. The average molecular weight is 354 g/mol. The number of rotatable bonds is 3. The molecular formula is C19H16ClN3O2. The van der Waals surface area contributed by atoms with Gasteiger partial charge < -0.3 is 10.2 Å². The van der Waals surface area contributed by atoms with Crippen LogP contribution in [0.4, 0.5) is 11.4 Å². The van der Waals surface area contributed by atoms with E-state index in [0.717, 1.165) is 11.3 Å². The number of carbonyl (C=O) groups is 2. The molecule has 6 heteroatoms. The first kappa shape index (κ1) is 17.0. The molecule has 1 aliphatic heterocycles. The highest BCUT2D eigenvalue weighted by Crippen LogP contribution is 2.31. The number of benzene rings is 2. The standard InChI is InChI=1S/C19H16ClN3O2/c1-12-16(20)3-2-4-17(12)23-11-14(9-18(23)24)19(25)22-15-7-5-13(10-21)6-8-15/h2-8,14H,9,11H2,1H3,(H,22,25)/t14-/m0/s1. The molecule has 1 saturated heterocycles. The highest BCUT2D eigenvalue weighted by molar-refractivity contribution is 6.31. The number of hydrogen-bond acceptors (Lipinski definition) is 3. The third-order valence-electron chi connectivity index (χ3n) is 4.31. The summed E-state index contributed by atoms with van der Waals surface area (Å²) in [5.41, 5.74) is 2.70. The molecule has 3 rings (SSSR count). The van der Waals surface area contributed by atoms with Crippen LogP contribution in [0.2, 0.25) is 5.02 Å². The number of amides is 2. The van der Waals surface area contributed by atoms with Crippen molar-refractivity contribution in [3.8, 4) is 6.07 Å². The van der Waals surface area contributed by atoms with Crippen LogP contribution < -0.4 is 10.2 Å². The summed E-state index contributed by atoms with van der Waals surface area (Å²) in [6.45, 7) is 2.18. The lowest BCUT2D eigenvalue weighted by Crippen LogP contribution is -2.28. The largest absolute Gasteiger partial charge is 0.326 e. The molecule has 0 aliphatic carbocycles. The van der Waals surface area contributed by atoms with E-state index in [9.17, 15) is 9.59 Å². The molecule has 1 heterocycles. The molecule has 2 amide bonds. The SMILES string of the molecule is Cc1c(Cl)cccc1N1C[C@@H](C(=O)Nc2ccc(C#N)cc2)CC1=O. The van der Waals surface area contributed by atoms with E-state index in [1.807, 2.05) is 19.1 Å². The molecule has 0 spiro atoms. The highest BCUT2D eigenvalue weighted by atomic mass is 35.5. The Balaban J connectivity index is 1.72. The summed E-state index contributed by atoms with van der Waals surface area (Å²) in [5, 5.41) is 12.2. The second-order valence-electron chi connectivity index (χ2n) is 5.97. The van der Waals surface area contributed by atoms with Crippen LogP contribution in [0.25, 0.3) is 0 Å². The van der Waals surface area contributed by atoms with Gasteiger partial charge in [0, 0.05) is 29.4 Å². The Morgan fingerprint density at radius 2 is 2.00 bits per heavy atom. The van der Waals surface area contributed by atoms with Crippen molar-refractivity contribution in [3.63, 3.8) is 0 Å². The van der Waals surface area contributed by atoms with E-state index in [1.54, 1.807) is 41.3 Å². The molecule has 0 radical (unpaired) electrons. The Morgan fingerprint density at radius 1 is 1.28 bits per heavy atom. The Bertz CT molecular complexity index is 871. The first-order chi connectivity index (χ1) is 12.0. The van der Waals surface area contributed by atoms with Gasteiger partial charge in [0.25, 0.3) is 0 Å². The zero-order valence-electron chi connectivity index (χ0n) is 13.6. The van der Waals surface area contributed by atoms with Gasteiger partial charge in [-0.15, -0.1) is 0 Å². The van der Waals surface area contributed by atoms with Crippen molar-refractivity contribution < 1.29 is 9.59 Å². The van der Waals surface area contributed by atoms with Crippen LogP contribution in [0.15, 0.2) is 42.5 Å². The van der Waals surface area contributed by atoms with Gasteiger partial charge in [0.2, 0.25) is 11.8 Å². The van der Waals surface area contributed by atoms with Gasteiger partial charge in [-0.1, -0.05) is 17.7 Å². The molecule has 1 fully saturated rings. The molecule has 2 aromatic rings. The Labute approximate surface area is 150 Å². The first-order valence-electron chi connectivity index (χ1n) is 7.86. The molecule has 1 atom stereocenters. The van der Waals surface area contributed by atoms with E-state index in [4.69, 9.17) is 16.9 Å². The summed E-state index contributed by atoms with van der Waals surface area (Å²) >= 11 is 6.13. The minimum atomic E-state index is -0.429. The second kappa shape index (κ2) is 6.96. The van der Waals surface area contributed by atoms with Crippen molar-refractivity contribution in [3.05, 3.63) is 58.6 Å². The number of nitriles is 1. The first-order valence-corrected chi connectivity index (χ1v) is 8.24. The van der Waals surface area contributed by atoms with E-state index < -0.39 is 5.92 Å². The van der Waals surface area contributed by atoms with Gasteiger partial charge in [-0.25, -0.2) is 0 Å². The maximum Gasteiger partial charge on any atom is 0.229 e. The maximum absolute atomic E-state index is 12.5. The maximum atomic E-state index is 12.5. The van der Waals surface area contributed by atoms with Gasteiger partial charge >= 0.3 is 0 Å². The number of halogens is 1. The summed E-state index contributed by atoms with van der Waals surface area (Å²) in [6.07, 6.45) is 0.161. The average Bonchev–Trinajstić information content (AvgIpc) is 3.00. The van der Waals surface area contributed by atoms with E-state index >= 15 is 0 Å². The fourth-order valence-electron chi connectivity index (χ4n) is 2.88. The zero-order chi connectivity index (χ0) is 18.0. The summed E-state index contributed by atoms with van der Waals surface area (Å²) in [7, 11) is 0. The molecule has 0 bridgehead atoms. The van der Waals surface area contributed by atoms with Crippen LogP contribution in [0.3, 0.4) is 0 Å². The summed E-state index contributed by atoms with van der Waals surface area (Å²) < 4.78 is 0. The van der Waals surface area contributed by atoms with E-state index in [2.05, 4.69) is 5.32 Å². The lowest BCUT2D eigenvalue weighted by molar-refractivity contribution is -0.122. The Kier molecular flexibility index (Phi) is 4.73. The number of anilines is 2. The van der Waals surface area contributed by atoms with Crippen molar-refractivity contribution in [1.82, 2.24) is 0 Å². The molecule has 1 aliphatic rings. The molecule has 0 saturated carbocycles. The quantitative estimate of drug-likeness (QED) is 0.917. The van der Waals surface area contributed by atoms with Crippen LogP contribution >= 0.6 is 11.6 Å². The minimum absolute atomic E-state index is 0.0923. The second-order valence-corrected chi connectivity index (χ2v) is 6.37. The molecule has 5 nitrogen and oxygen atoms in total. The van der Waals surface area contributed by atoms with Crippen molar-refractivity contribution >= 4 is 34.8 Å². The van der Waals surface area contributed by atoms with Gasteiger partial charge in [-0.05, 0) is 48.9 Å². The monoisotopic (exact) mass is 353 g/mol. The molecule has 2 aromatic carbocycles. The van der Waals surface area contributed by atoms with Crippen molar-refractivity contribution in [2.45, 2.75) is 13.3 Å². The fourth-order valence-corrected chi connectivity index (χ4v) is 3.05. The molecule has 0 aromatic heterocycles. The lowest BCUT2D eigenvalue weighted by atomic mass is 10.1. The smallest absolute Gasteiger partial charge is 0.229 e. The van der Waals surface area contributed by atoms with Crippen LogP contribution in [0.5, 0.6) is 0 Å². The van der Waals surface area contributed by atoms with Crippen LogP contribution in [0, 0.1) is 24.2 Å². The normalized spacial score (nSPS) is 16.6. The predicted molar refractivity (Wildman–Crippen MR) is 96.4 cm³/mol. The molecule has 1 N–H and O–H groups in total. The Hall–Kier alpha value is -2.84. The topological polar surface area (TPSA) is 73.2 Å². The third kappa shape index (κ3) is 3.49. The van der Waals surface area contributed by atoms with E-state index in [0.29, 0.717) is 22.8 Å². The van der Waals surface area contributed by atoms with Crippen molar-refractivity contribution in [2.75, 3.05) is 16.8 Å². The molecule has 25 heavy (non-hydrogen) atoms. The van der Waals surface area contributed by atoms with Crippen molar-refractivity contribution in [2.24, 2.45) is 5.92 Å². The van der Waals surface area contributed by atoms with Gasteiger partial charge in [-0.2, -0.15) is 5.26 Å². The van der Waals surface area contributed by atoms with Gasteiger partial charge in [-0.3, -0.25) is 9.59 Å². The lowest BCUT2D eigenvalue weighted by Gasteiger charge is -2.19. The summed E-state index contributed by atoms with van der Waals surface area (Å²) in [6, 6.07) is 14.0. The number of nitrogens with zero attached hydrogens (tertiary/aromatic N) is 2. The van der Waals surface area contributed by atoms with E-state index in [-0.39, 0.29) is 18.2 Å². The van der Waals surface area contributed by atoms with Crippen LogP contribution in [0.1, 0.15) is 17.5 Å². The Morgan fingerprint density at radius 3 is 2.68 bits per heavy atom. The van der Waals surface area contributed by atoms with Gasteiger partial charge in [0.15, 0.2) is 0 Å². The zero-order valence-corrected chi connectivity index (χ0v) is 14.4. The van der Waals surface area contributed by atoms with Gasteiger partial charge in [0.1, 0.15) is 0 Å². The molecule has 126 valence electrons. The summed E-state index contributed by atoms with van der Waals surface area (Å²) in [4.78, 5) is 26.4. The fraction of sp³-hybridized carbons (Fsp3) is 0.211. The highest BCUT2D eigenvalue weighted by Gasteiger charge is 2.35. The van der Waals surface area contributed by atoms with Gasteiger partial charge in [0.05, 0.1) is 17.6 Å². The number of carbonyl (C=O) groups excluding carboxylic acids is 2. The minimum Gasteiger partial charge on any atom is -0.326 e. The van der Waals surface area contributed by atoms with Crippen molar-refractivity contribution in [1.29, 1.82) is 5.26 Å². The number of hydrogen-bond donors (Lipinski definition) is 1. The molecule has 0 unspecified atom stereocenters. The summed E-state index contributed by atoms with van der Waals surface area (Å²) in [5.74, 6) is -0.730. The van der Waals surface area contributed by atoms with E-state index in [1.165, 1.54) is 0 Å². The predicted octanol–water partition coefficient (Wildman–Crippen LogP) is 3.51. The van der Waals surface area contributed by atoms with Crippen LogP contribution in [-0.4, -0.2) is 18.4 Å².